The molecule has 104 valence electrons. The first-order valence-electron chi connectivity index (χ1n) is 5.74. The Kier molecular flexibility index (Phi) is 4.04. The van der Waals surface area contributed by atoms with Crippen LogP contribution in [0, 0.1) is 17.9 Å². The van der Waals surface area contributed by atoms with E-state index in [0.29, 0.717) is 0 Å². The largest absolute Gasteiger partial charge is 0.595 e. The number of rotatable bonds is 3. The number of quaternary nitrogens is 1. The molecule has 1 atom stereocenters. The van der Waals surface area contributed by atoms with E-state index >= 15 is 0 Å². The van der Waals surface area contributed by atoms with Crippen LogP contribution in [0.2, 0.25) is 0 Å². The highest BCUT2D eigenvalue weighted by molar-refractivity contribution is 6.06. The van der Waals surface area contributed by atoms with Crippen molar-refractivity contribution in [2.45, 2.75) is 6.92 Å². The number of nitrogens with zero attached hydrogens (tertiary/aromatic N) is 1. The van der Waals surface area contributed by atoms with Gasteiger partial charge in [0.15, 0.2) is 5.69 Å². The van der Waals surface area contributed by atoms with Crippen LogP contribution in [-0.2, 0) is 0 Å². The zero-order chi connectivity index (χ0) is 14.7. The summed E-state index contributed by atoms with van der Waals surface area (Å²) in [5, 5.41) is 21.4. The number of anilines is 1. The number of aryl methyl sites for hydroxylation is 1. The second-order valence-electron chi connectivity index (χ2n) is 4.17. The van der Waals surface area contributed by atoms with Crippen molar-refractivity contribution >= 4 is 17.4 Å². The van der Waals surface area contributed by atoms with Gasteiger partial charge >= 0.3 is 0 Å². The molecule has 1 amide bonds. The molecule has 0 aliphatic rings. The van der Waals surface area contributed by atoms with Crippen LogP contribution in [0.25, 0.3) is 0 Å². The summed E-state index contributed by atoms with van der Waals surface area (Å²) in [7, 11) is 0. The highest BCUT2D eigenvalue weighted by atomic mass is 19.1. The number of halogens is 1. The molecular weight excluding hydrogens is 265 g/mol. The number of hydrogen-bond donors (Lipinski definition) is 3. The Bertz CT molecular complexity index is 629. The van der Waals surface area contributed by atoms with Gasteiger partial charge < -0.3 is 10.5 Å². The number of pyridine rings is 1. The zero-order valence-corrected chi connectivity index (χ0v) is 10.6. The zero-order valence-electron chi connectivity index (χ0n) is 10.6. The predicted molar refractivity (Wildman–Crippen MR) is 69.1 cm³/mol. The standard InChI is InChI=1S/C13H12FN3O3/c1-8-2-4-11(17(19)20)10(6-8)13(18)16-12-5-3-9(14)7-15-12/h2-7,17,19H,1H3,(H,15,16,18). The Labute approximate surface area is 114 Å². The number of aromatic nitrogens is 1. The summed E-state index contributed by atoms with van der Waals surface area (Å²) in [5.74, 6) is -0.982. The van der Waals surface area contributed by atoms with E-state index in [9.17, 15) is 14.4 Å². The third kappa shape index (κ3) is 3.15. The second kappa shape index (κ2) is 5.74. The minimum atomic E-state index is -1.19. The third-order valence-corrected chi connectivity index (χ3v) is 2.62. The lowest BCUT2D eigenvalue weighted by Gasteiger charge is -2.15. The molecule has 1 aromatic carbocycles. The van der Waals surface area contributed by atoms with Crippen molar-refractivity contribution in [3.63, 3.8) is 0 Å². The summed E-state index contributed by atoms with van der Waals surface area (Å²) in [5.41, 5.74) is 0.686. The summed E-state index contributed by atoms with van der Waals surface area (Å²) in [4.78, 5) is 15.8. The van der Waals surface area contributed by atoms with Crippen molar-refractivity contribution < 1.29 is 19.6 Å². The van der Waals surface area contributed by atoms with Crippen molar-refractivity contribution in [2.24, 2.45) is 0 Å². The number of benzene rings is 1. The lowest BCUT2D eigenvalue weighted by atomic mass is 10.1. The minimum absolute atomic E-state index is 0.0311. The molecule has 6 nitrogen and oxygen atoms in total. The van der Waals surface area contributed by atoms with Gasteiger partial charge in [0.25, 0.3) is 5.91 Å². The van der Waals surface area contributed by atoms with Crippen molar-refractivity contribution in [1.82, 2.24) is 4.98 Å². The summed E-state index contributed by atoms with van der Waals surface area (Å²) < 4.78 is 12.7. The molecule has 0 fully saturated rings. The van der Waals surface area contributed by atoms with E-state index < -0.39 is 17.0 Å². The Morgan fingerprint density at radius 3 is 2.75 bits per heavy atom. The van der Waals surface area contributed by atoms with Crippen LogP contribution in [0.5, 0.6) is 0 Å². The smallest absolute Gasteiger partial charge is 0.263 e. The fraction of sp³-hybridized carbons (Fsp3) is 0.0769. The third-order valence-electron chi connectivity index (χ3n) is 2.62. The Morgan fingerprint density at radius 1 is 1.40 bits per heavy atom. The van der Waals surface area contributed by atoms with E-state index in [-0.39, 0.29) is 17.1 Å². The summed E-state index contributed by atoms with van der Waals surface area (Å²) >= 11 is 0. The molecule has 2 aromatic rings. The number of amides is 1. The molecule has 2 rings (SSSR count). The van der Waals surface area contributed by atoms with E-state index in [1.807, 2.05) is 0 Å². The highest BCUT2D eigenvalue weighted by Gasteiger charge is 2.17. The molecule has 0 saturated heterocycles. The quantitative estimate of drug-likeness (QED) is 0.735. The molecule has 3 N–H and O–H groups in total. The summed E-state index contributed by atoms with van der Waals surface area (Å²) in [6.45, 7) is 1.75. The molecule has 0 bridgehead atoms. The topological polar surface area (TPSA) is 89.7 Å². The van der Waals surface area contributed by atoms with Gasteiger partial charge in [0.1, 0.15) is 17.2 Å². The van der Waals surface area contributed by atoms with Gasteiger partial charge in [-0.15, -0.1) is 0 Å². The van der Waals surface area contributed by atoms with Crippen LogP contribution in [0.3, 0.4) is 0 Å². The fourth-order valence-corrected chi connectivity index (χ4v) is 1.67. The molecule has 0 spiro atoms. The van der Waals surface area contributed by atoms with Crippen molar-refractivity contribution in [3.05, 3.63) is 58.7 Å². The van der Waals surface area contributed by atoms with Gasteiger partial charge in [-0.1, -0.05) is 6.07 Å². The molecule has 0 saturated carbocycles. The average molecular weight is 277 g/mol. The van der Waals surface area contributed by atoms with Crippen molar-refractivity contribution in [2.75, 3.05) is 5.32 Å². The second-order valence-corrected chi connectivity index (χ2v) is 4.17. The number of hydrogen-bond acceptors (Lipinski definition) is 4. The number of carbonyl (C=O) groups excluding carboxylic acids is 1. The monoisotopic (exact) mass is 277 g/mol. The molecule has 7 heteroatoms. The molecule has 0 radical (unpaired) electrons. The van der Waals surface area contributed by atoms with E-state index in [4.69, 9.17) is 5.21 Å². The first-order chi connectivity index (χ1) is 9.47. The molecule has 0 aliphatic heterocycles. The van der Waals surface area contributed by atoms with Crippen LogP contribution in [0.15, 0.2) is 36.5 Å². The Balaban J connectivity index is 2.28. The SMILES string of the molecule is Cc1ccc([NH+]([O-])O)c(C(=O)Nc2ccc(F)cn2)c1. The number of carbonyl (C=O) groups is 1. The molecule has 1 unspecified atom stereocenters. The van der Waals surface area contributed by atoms with E-state index in [0.717, 1.165) is 17.8 Å². The normalized spacial score (nSPS) is 12.0. The first-order valence-corrected chi connectivity index (χ1v) is 5.74. The van der Waals surface area contributed by atoms with Gasteiger partial charge in [-0.3, -0.25) is 4.79 Å². The van der Waals surface area contributed by atoms with Crippen LogP contribution in [-0.4, -0.2) is 16.1 Å². The lowest BCUT2D eigenvalue weighted by molar-refractivity contribution is -0.991. The molecule has 20 heavy (non-hydrogen) atoms. The lowest BCUT2D eigenvalue weighted by Crippen LogP contribution is -2.99. The first kappa shape index (κ1) is 14.1. The van der Waals surface area contributed by atoms with Crippen molar-refractivity contribution in [3.8, 4) is 0 Å². The van der Waals surface area contributed by atoms with Gasteiger partial charge in [-0.25, -0.2) is 14.6 Å². The van der Waals surface area contributed by atoms with E-state index in [2.05, 4.69) is 10.3 Å². The van der Waals surface area contributed by atoms with Gasteiger partial charge in [0, 0.05) is 6.07 Å². The van der Waals surface area contributed by atoms with E-state index in [1.54, 1.807) is 13.0 Å². The van der Waals surface area contributed by atoms with Crippen LogP contribution >= 0.6 is 0 Å². The number of nitrogens with one attached hydrogen (secondary N) is 2. The van der Waals surface area contributed by atoms with Crippen LogP contribution in [0.4, 0.5) is 15.9 Å². The maximum absolute atomic E-state index is 12.7. The predicted octanol–water partition coefficient (Wildman–Crippen LogP) is 1.18. The van der Waals surface area contributed by atoms with Crippen LogP contribution < -0.4 is 10.5 Å². The van der Waals surface area contributed by atoms with Crippen molar-refractivity contribution in [1.29, 1.82) is 0 Å². The molecule has 1 aromatic heterocycles. The Hall–Kier alpha value is -2.35. The fourth-order valence-electron chi connectivity index (χ4n) is 1.67. The maximum Gasteiger partial charge on any atom is 0.263 e. The van der Waals surface area contributed by atoms with Gasteiger partial charge in [-0.2, -0.15) is 5.23 Å². The van der Waals surface area contributed by atoms with Crippen LogP contribution in [0.1, 0.15) is 15.9 Å². The van der Waals surface area contributed by atoms with Gasteiger partial charge in [0.05, 0.1) is 6.20 Å². The maximum atomic E-state index is 12.7. The molecule has 1 heterocycles. The van der Waals surface area contributed by atoms with Gasteiger partial charge in [0.2, 0.25) is 0 Å². The summed E-state index contributed by atoms with van der Waals surface area (Å²) in [6.07, 6.45) is 0.962. The highest BCUT2D eigenvalue weighted by Crippen LogP contribution is 2.15. The van der Waals surface area contributed by atoms with Gasteiger partial charge in [-0.05, 0) is 30.7 Å². The van der Waals surface area contributed by atoms with E-state index in [1.165, 1.54) is 18.2 Å². The molecule has 0 aliphatic carbocycles. The molecular formula is C13H12FN3O3. The summed E-state index contributed by atoms with van der Waals surface area (Å²) in [6, 6.07) is 6.89. The average Bonchev–Trinajstić information content (AvgIpc) is 2.41. The Morgan fingerprint density at radius 2 is 2.15 bits per heavy atom. The minimum Gasteiger partial charge on any atom is -0.595 e.